The molecule has 2 aromatic rings. The van der Waals surface area contributed by atoms with E-state index in [0.29, 0.717) is 4.90 Å². The van der Waals surface area contributed by atoms with Crippen molar-refractivity contribution in [2.24, 2.45) is 0 Å². The van der Waals surface area contributed by atoms with Crippen LogP contribution in [0.4, 0.5) is 10.1 Å². The smallest absolute Gasteiger partial charge is 0.339 e. The lowest BCUT2D eigenvalue weighted by atomic mass is 10.2. The van der Waals surface area contributed by atoms with Crippen molar-refractivity contribution in [2.75, 3.05) is 18.2 Å². The van der Waals surface area contributed by atoms with Crippen LogP contribution in [0.5, 0.6) is 0 Å². The number of amides is 1. The van der Waals surface area contributed by atoms with Gasteiger partial charge in [0.15, 0.2) is 6.61 Å². The van der Waals surface area contributed by atoms with Gasteiger partial charge in [0.05, 0.1) is 26.9 Å². The molecule has 0 aliphatic heterocycles. The molecule has 0 saturated heterocycles. The number of hydrogen-bond donors (Lipinski definition) is 1. The van der Waals surface area contributed by atoms with Gasteiger partial charge >= 0.3 is 5.97 Å². The number of hydrogen-bond acceptors (Lipinski definition) is 4. The Morgan fingerprint density at radius 1 is 1.21 bits per heavy atom. The van der Waals surface area contributed by atoms with Gasteiger partial charge in [0.1, 0.15) is 5.82 Å². The second-order valence-corrected chi connectivity index (χ2v) is 6.41. The highest BCUT2D eigenvalue weighted by Gasteiger charge is 2.16. The maximum Gasteiger partial charge on any atom is 0.339 e. The molecule has 2 aromatic carbocycles. The fraction of sp³-hybridized carbons (Fsp3) is 0.176. The molecule has 0 fully saturated rings. The SMILES string of the molecule is Cc1ccc(NC(=O)COC(=O)c2ccccc2[S@@](C)=O)c(F)c1. The van der Waals surface area contributed by atoms with E-state index in [9.17, 15) is 18.2 Å². The summed E-state index contributed by atoms with van der Waals surface area (Å²) in [6.45, 7) is 1.16. The van der Waals surface area contributed by atoms with Crippen molar-refractivity contribution in [3.63, 3.8) is 0 Å². The summed E-state index contributed by atoms with van der Waals surface area (Å²) < 4.78 is 30.2. The van der Waals surface area contributed by atoms with Crippen LogP contribution in [0.25, 0.3) is 0 Å². The summed E-state index contributed by atoms with van der Waals surface area (Å²) >= 11 is 0. The molecule has 0 saturated carbocycles. The number of carbonyl (C=O) groups excluding carboxylic acids is 2. The molecule has 5 nitrogen and oxygen atoms in total. The molecule has 0 radical (unpaired) electrons. The molecule has 1 amide bonds. The van der Waals surface area contributed by atoms with E-state index >= 15 is 0 Å². The molecule has 126 valence electrons. The van der Waals surface area contributed by atoms with Crippen molar-refractivity contribution in [1.29, 1.82) is 0 Å². The molecule has 0 spiro atoms. The number of anilines is 1. The van der Waals surface area contributed by atoms with E-state index in [2.05, 4.69) is 5.32 Å². The molecular weight excluding hydrogens is 333 g/mol. The Labute approximate surface area is 141 Å². The summed E-state index contributed by atoms with van der Waals surface area (Å²) in [7, 11) is -1.36. The van der Waals surface area contributed by atoms with E-state index in [4.69, 9.17) is 4.74 Å². The number of ether oxygens (including phenoxy) is 1. The second kappa shape index (κ2) is 7.83. The molecular formula is C17H16FNO4S. The fourth-order valence-electron chi connectivity index (χ4n) is 2.00. The third-order valence-corrected chi connectivity index (χ3v) is 4.13. The zero-order chi connectivity index (χ0) is 17.7. The van der Waals surface area contributed by atoms with Crippen LogP contribution in [0.2, 0.25) is 0 Å². The number of nitrogens with one attached hydrogen (secondary N) is 1. The first kappa shape index (κ1) is 17.8. The van der Waals surface area contributed by atoms with Gasteiger partial charge in [0, 0.05) is 6.26 Å². The minimum absolute atomic E-state index is 0.0108. The van der Waals surface area contributed by atoms with Crippen LogP contribution in [0, 0.1) is 12.7 Å². The maximum atomic E-state index is 13.7. The first-order valence-electron chi connectivity index (χ1n) is 7.04. The molecule has 1 N–H and O–H groups in total. The predicted molar refractivity (Wildman–Crippen MR) is 88.8 cm³/mol. The molecule has 1 atom stereocenters. The van der Waals surface area contributed by atoms with Gasteiger partial charge in [-0.2, -0.15) is 0 Å². The lowest BCUT2D eigenvalue weighted by Gasteiger charge is -2.09. The number of halogens is 1. The maximum absolute atomic E-state index is 13.7. The first-order valence-corrected chi connectivity index (χ1v) is 8.60. The number of carbonyl (C=O) groups is 2. The van der Waals surface area contributed by atoms with Crippen LogP contribution >= 0.6 is 0 Å². The lowest BCUT2D eigenvalue weighted by molar-refractivity contribution is -0.119. The number of aryl methyl sites for hydroxylation is 1. The third kappa shape index (κ3) is 4.48. The van der Waals surface area contributed by atoms with Crippen LogP contribution in [-0.2, 0) is 20.3 Å². The summed E-state index contributed by atoms with van der Waals surface area (Å²) in [5.74, 6) is -2.00. The van der Waals surface area contributed by atoms with Crippen LogP contribution in [0.3, 0.4) is 0 Å². The average Bonchev–Trinajstić information content (AvgIpc) is 2.55. The third-order valence-electron chi connectivity index (χ3n) is 3.15. The monoisotopic (exact) mass is 349 g/mol. The summed E-state index contributed by atoms with van der Waals surface area (Å²) in [4.78, 5) is 24.1. The number of rotatable bonds is 5. The normalized spacial score (nSPS) is 11.6. The lowest BCUT2D eigenvalue weighted by Crippen LogP contribution is -2.22. The summed E-state index contributed by atoms with van der Waals surface area (Å²) in [5.41, 5.74) is 0.866. The summed E-state index contributed by atoms with van der Waals surface area (Å²) in [6.07, 6.45) is 1.44. The van der Waals surface area contributed by atoms with Crippen molar-refractivity contribution < 1.29 is 22.9 Å². The first-order chi connectivity index (χ1) is 11.4. The highest BCUT2D eigenvalue weighted by molar-refractivity contribution is 7.84. The Balaban J connectivity index is 1.99. The van der Waals surface area contributed by atoms with Crippen molar-refractivity contribution >= 4 is 28.4 Å². The van der Waals surface area contributed by atoms with Crippen LogP contribution in [0.1, 0.15) is 15.9 Å². The standard InChI is InChI=1S/C17H16FNO4S/c1-11-7-8-14(13(18)9-11)19-16(20)10-23-17(21)12-5-3-4-6-15(12)24(2)22/h3-9H,10H2,1-2H3,(H,19,20)/t24-/m1/s1. The van der Waals surface area contributed by atoms with Crippen LogP contribution < -0.4 is 5.32 Å². The van der Waals surface area contributed by atoms with Crippen LogP contribution in [0.15, 0.2) is 47.4 Å². The van der Waals surface area contributed by atoms with Gasteiger partial charge in [-0.15, -0.1) is 0 Å². The predicted octanol–water partition coefficient (Wildman–Crippen LogP) is 2.67. The van der Waals surface area contributed by atoms with E-state index in [0.717, 1.165) is 5.56 Å². The molecule has 0 aromatic heterocycles. The molecule has 0 aliphatic carbocycles. The van der Waals surface area contributed by atoms with Gasteiger partial charge in [-0.3, -0.25) is 9.00 Å². The zero-order valence-electron chi connectivity index (χ0n) is 13.2. The van der Waals surface area contributed by atoms with Gasteiger partial charge < -0.3 is 10.1 Å². The quantitative estimate of drug-likeness (QED) is 0.843. The molecule has 0 aliphatic rings. The van der Waals surface area contributed by atoms with E-state index in [1.807, 2.05) is 0 Å². The molecule has 24 heavy (non-hydrogen) atoms. The highest BCUT2D eigenvalue weighted by atomic mass is 32.2. The van der Waals surface area contributed by atoms with Crippen molar-refractivity contribution in [2.45, 2.75) is 11.8 Å². The van der Waals surface area contributed by atoms with Gasteiger partial charge in [-0.1, -0.05) is 18.2 Å². The molecule has 0 heterocycles. The van der Waals surface area contributed by atoms with E-state index < -0.39 is 35.1 Å². The molecule has 2 rings (SSSR count). The minimum atomic E-state index is -1.36. The van der Waals surface area contributed by atoms with E-state index in [1.54, 1.807) is 31.2 Å². The summed E-state index contributed by atoms with van der Waals surface area (Å²) in [5, 5.41) is 2.33. The van der Waals surface area contributed by atoms with Gasteiger partial charge in [-0.05, 0) is 36.8 Å². The van der Waals surface area contributed by atoms with Gasteiger partial charge in [0.2, 0.25) is 0 Å². The Hall–Kier alpha value is -2.54. The minimum Gasteiger partial charge on any atom is -0.452 e. The topological polar surface area (TPSA) is 72.5 Å². The summed E-state index contributed by atoms with van der Waals surface area (Å²) in [6, 6.07) is 10.6. The fourth-order valence-corrected chi connectivity index (χ4v) is 2.73. The van der Waals surface area contributed by atoms with Crippen molar-refractivity contribution in [1.82, 2.24) is 0 Å². The van der Waals surface area contributed by atoms with Gasteiger partial charge in [0.25, 0.3) is 5.91 Å². The van der Waals surface area contributed by atoms with E-state index in [1.165, 1.54) is 24.5 Å². The van der Waals surface area contributed by atoms with Crippen molar-refractivity contribution in [3.8, 4) is 0 Å². The average molecular weight is 349 g/mol. The Morgan fingerprint density at radius 3 is 2.58 bits per heavy atom. The van der Waals surface area contributed by atoms with E-state index in [-0.39, 0.29) is 11.3 Å². The second-order valence-electron chi connectivity index (χ2n) is 5.06. The largest absolute Gasteiger partial charge is 0.452 e. The molecule has 0 bridgehead atoms. The Kier molecular flexibility index (Phi) is 5.81. The van der Waals surface area contributed by atoms with Crippen LogP contribution in [-0.4, -0.2) is 28.9 Å². The number of esters is 1. The molecule has 7 heteroatoms. The van der Waals surface area contributed by atoms with Gasteiger partial charge in [-0.25, -0.2) is 9.18 Å². The molecule has 0 unspecified atom stereocenters. The van der Waals surface area contributed by atoms with Crippen molar-refractivity contribution in [3.05, 3.63) is 59.4 Å². The highest BCUT2D eigenvalue weighted by Crippen LogP contribution is 2.16. The Morgan fingerprint density at radius 2 is 1.92 bits per heavy atom. The zero-order valence-corrected chi connectivity index (χ0v) is 14.0. The Bertz CT molecular complexity index is 807. The number of benzene rings is 2.